The van der Waals surface area contributed by atoms with Gasteiger partial charge < -0.3 is 14.8 Å². The van der Waals surface area contributed by atoms with E-state index in [0.717, 1.165) is 12.1 Å². The Balaban J connectivity index is 2.03. The molecule has 0 saturated heterocycles. The number of halogens is 8. The zero-order valence-corrected chi connectivity index (χ0v) is 18.9. The predicted octanol–water partition coefficient (Wildman–Crippen LogP) is 6.59. The topological polar surface area (TPSA) is 58.1 Å². The summed E-state index contributed by atoms with van der Waals surface area (Å²) in [5.41, 5.74) is -6.22. The van der Waals surface area contributed by atoms with Crippen molar-refractivity contribution in [1.82, 2.24) is 9.97 Å². The van der Waals surface area contributed by atoms with Crippen molar-refractivity contribution in [2.75, 3.05) is 7.11 Å². The summed E-state index contributed by atoms with van der Waals surface area (Å²) in [7, 11) is 1.27. The monoisotopic (exact) mass is 512 g/mol. The van der Waals surface area contributed by atoms with Crippen LogP contribution in [0.1, 0.15) is 37.2 Å². The Bertz CT molecular complexity index is 1200. The fraction of sp³-hybridized carbons (Fsp3) is 0.409. The Morgan fingerprint density at radius 2 is 1.71 bits per heavy atom. The molecule has 0 amide bonds. The van der Waals surface area contributed by atoms with Crippen LogP contribution in [0.4, 0.5) is 30.7 Å². The molecule has 0 aliphatic heterocycles. The number of rotatable bonds is 6. The molecule has 1 atom stereocenters. The van der Waals surface area contributed by atoms with Gasteiger partial charge in [0.2, 0.25) is 0 Å². The number of aromatic amines is 1. The van der Waals surface area contributed by atoms with E-state index in [1.54, 1.807) is 0 Å². The maximum Gasteiger partial charge on any atom is 0.417 e. The minimum atomic E-state index is -5.16. The number of benzene rings is 2. The standard InChI is InChI=1S/C22H20ClF7N2O2/c1-19(2,13-8-12(24)4-5-16(13)34-3)10-20(33,22(28,29)30)9-17-31-15-7-11(21(25,26)27)6-14(23)18(15)32-17/h4-8,33H,9-10H2,1-3H3,(H,31,32). The number of imidazole rings is 1. The van der Waals surface area contributed by atoms with Gasteiger partial charge in [-0.05, 0) is 42.2 Å². The second-order valence-electron chi connectivity index (χ2n) is 8.65. The molecular weight excluding hydrogens is 493 g/mol. The minimum Gasteiger partial charge on any atom is -0.496 e. The quantitative estimate of drug-likeness (QED) is 0.366. The van der Waals surface area contributed by atoms with Gasteiger partial charge in [-0.1, -0.05) is 25.4 Å². The number of nitrogens with one attached hydrogen (secondary N) is 1. The number of hydrogen-bond acceptors (Lipinski definition) is 3. The van der Waals surface area contributed by atoms with Gasteiger partial charge in [-0.2, -0.15) is 26.3 Å². The van der Waals surface area contributed by atoms with Crippen molar-refractivity contribution in [3.8, 4) is 5.75 Å². The number of hydrogen-bond donors (Lipinski definition) is 2. The van der Waals surface area contributed by atoms with E-state index in [1.165, 1.54) is 27.0 Å². The predicted molar refractivity (Wildman–Crippen MR) is 111 cm³/mol. The first kappa shape index (κ1) is 26.1. The number of alkyl halides is 6. The van der Waals surface area contributed by atoms with Crippen LogP contribution in [0.25, 0.3) is 11.0 Å². The van der Waals surface area contributed by atoms with Crippen LogP contribution in [0.2, 0.25) is 5.02 Å². The fourth-order valence-corrected chi connectivity index (χ4v) is 4.21. The molecule has 186 valence electrons. The van der Waals surface area contributed by atoms with E-state index in [2.05, 4.69) is 9.97 Å². The van der Waals surface area contributed by atoms with Crippen molar-refractivity contribution in [3.05, 3.63) is 58.1 Å². The lowest BCUT2D eigenvalue weighted by Crippen LogP contribution is -2.51. The Morgan fingerprint density at radius 3 is 2.26 bits per heavy atom. The second kappa shape index (κ2) is 8.60. The third kappa shape index (κ3) is 5.10. The lowest BCUT2D eigenvalue weighted by molar-refractivity contribution is -0.266. The van der Waals surface area contributed by atoms with E-state index in [1.807, 2.05) is 0 Å². The highest BCUT2D eigenvalue weighted by Gasteiger charge is 2.56. The van der Waals surface area contributed by atoms with Crippen molar-refractivity contribution < 1.29 is 40.6 Å². The smallest absolute Gasteiger partial charge is 0.417 e. The molecule has 0 aliphatic rings. The number of fused-ring (bicyclic) bond motifs is 1. The van der Waals surface area contributed by atoms with Crippen LogP contribution in [-0.2, 0) is 18.0 Å². The molecule has 4 nitrogen and oxygen atoms in total. The largest absolute Gasteiger partial charge is 0.496 e. The van der Waals surface area contributed by atoms with Gasteiger partial charge >= 0.3 is 12.4 Å². The Hall–Kier alpha value is -2.53. The van der Waals surface area contributed by atoms with Crippen LogP contribution in [0.5, 0.6) is 5.75 Å². The zero-order chi connectivity index (χ0) is 25.7. The molecule has 3 aromatic rings. The summed E-state index contributed by atoms with van der Waals surface area (Å²) in [6, 6.07) is 4.66. The highest BCUT2D eigenvalue weighted by molar-refractivity contribution is 6.35. The Kier molecular flexibility index (Phi) is 6.60. The van der Waals surface area contributed by atoms with Gasteiger partial charge in [0, 0.05) is 12.0 Å². The first-order valence-electron chi connectivity index (χ1n) is 9.85. The lowest BCUT2D eigenvalue weighted by Gasteiger charge is -2.38. The van der Waals surface area contributed by atoms with Crippen LogP contribution in [0, 0.1) is 5.82 Å². The molecule has 3 rings (SSSR count). The van der Waals surface area contributed by atoms with Crippen LogP contribution >= 0.6 is 11.6 Å². The summed E-state index contributed by atoms with van der Waals surface area (Å²) < 4.78 is 100. The SMILES string of the molecule is COc1ccc(F)cc1C(C)(C)CC(O)(Cc1nc2c(Cl)cc(C(F)(F)F)cc2[nH]1)C(F)(F)F. The number of ether oxygens (including phenoxy) is 1. The normalized spacial score (nSPS) is 14.9. The lowest BCUT2D eigenvalue weighted by atomic mass is 9.73. The molecule has 2 aromatic carbocycles. The number of H-pyrrole nitrogens is 1. The third-order valence-electron chi connectivity index (χ3n) is 5.53. The second-order valence-corrected chi connectivity index (χ2v) is 9.05. The molecule has 1 heterocycles. The number of aliphatic hydroxyl groups is 1. The van der Waals surface area contributed by atoms with Crippen molar-refractivity contribution >= 4 is 22.6 Å². The van der Waals surface area contributed by atoms with Crippen molar-refractivity contribution in [2.45, 2.75) is 50.1 Å². The number of aromatic nitrogens is 2. The fourth-order valence-electron chi connectivity index (χ4n) is 3.95. The molecule has 12 heteroatoms. The van der Waals surface area contributed by atoms with Crippen molar-refractivity contribution in [3.63, 3.8) is 0 Å². The van der Waals surface area contributed by atoms with Gasteiger partial charge in [-0.25, -0.2) is 9.37 Å². The molecule has 34 heavy (non-hydrogen) atoms. The van der Waals surface area contributed by atoms with Crippen LogP contribution in [-0.4, -0.2) is 34.0 Å². The van der Waals surface area contributed by atoms with Crippen LogP contribution in [0.15, 0.2) is 30.3 Å². The Morgan fingerprint density at radius 1 is 1.06 bits per heavy atom. The van der Waals surface area contributed by atoms with E-state index in [-0.39, 0.29) is 22.3 Å². The van der Waals surface area contributed by atoms with Crippen LogP contribution < -0.4 is 4.74 Å². The Labute approximate surface area is 194 Å². The maximum atomic E-state index is 14.1. The molecule has 0 aliphatic carbocycles. The minimum absolute atomic E-state index is 0.0974. The first-order chi connectivity index (χ1) is 15.5. The van der Waals surface area contributed by atoms with Crippen LogP contribution in [0.3, 0.4) is 0 Å². The van der Waals surface area contributed by atoms with E-state index in [4.69, 9.17) is 16.3 Å². The molecule has 2 N–H and O–H groups in total. The van der Waals surface area contributed by atoms with Gasteiger partial charge in [0.25, 0.3) is 0 Å². The van der Waals surface area contributed by atoms with E-state index in [9.17, 15) is 35.8 Å². The van der Waals surface area contributed by atoms with Gasteiger partial charge in [0.15, 0.2) is 5.60 Å². The summed E-state index contributed by atoms with van der Waals surface area (Å²) in [4.78, 5) is 6.28. The van der Waals surface area contributed by atoms with Crippen molar-refractivity contribution in [2.24, 2.45) is 0 Å². The average molecular weight is 513 g/mol. The molecule has 1 unspecified atom stereocenters. The molecule has 0 saturated carbocycles. The number of nitrogens with zero attached hydrogens (tertiary/aromatic N) is 1. The first-order valence-corrected chi connectivity index (χ1v) is 10.2. The average Bonchev–Trinajstić information content (AvgIpc) is 3.08. The van der Waals surface area contributed by atoms with Gasteiger partial charge in [-0.3, -0.25) is 0 Å². The summed E-state index contributed by atoms with van der Waals surface area (Å²) >= 11 is 5.86. The molecule has 0 fully saturated rings. The number of methoxy groups -OCH3 is 1. The molecule has 1 aromatic heterocycles. The molecule has 0 spiro atoms. The van der Waals surface area contributed by atoms with Gasteiger partial charge in [-0.15, -0.1) is 0 Å². The molecule has 0 radical (unpaired) electrons. The third-order valence-corrected chi connectivity index (χ3v) is 5.82. The summed E-state index contributed by atoms with van der Waals surface area (Å²) in [6.07, 6.45) is -11.9. The van der Waals surface area contributed by atoms with Crippen molar-refractivity contribution in [1.29, 1.82) is 0 Å². The summed E-state index contributed by atoms with van der Waals surface area (Å²) in [5, 5.41) is 10.4. The summed E-state index contributed by atoms with van der Waals surface area (Å²) in [5.74, 6) is -0.990. The maximum absolute atomic E-state index is 14.1. The highest BCUT2D eigenvalue weighted by atomic mass is 35.5. The van der Waals surface area contributed by atoms with E-state index < -0.39 is 58.4 Å². The van der Waals surface area contributed by atoms with Gasteiger partial charge in [0.05, 0.1) is 23.2 Å². The van der Waals surface area contributed by atoms with E-state index in [0.29, 0.717) is 12.1 Å². The summed E-state index contributed by atoms with van der Waals surface area (Å²) in [6.45, 7) is 2.76. The molecular formula is C22H20ClF7N2O2. The van der Waals surface area contributed by atoms with E-state index >= 15 is 0 Å². The zero-order valence-electron chi connectivity index (χ0n) is 18.1. The highest BCUT2D eigenvalue weighted by Crippen LogP contribution is 2.45. The molecule has 0 bridgehead atoms. The van der Waals surface area contributed by atoms with Gasteiger partial charge in [0.1, 0.15) is 22.9 Å².